The maximum atomic E-state index is 13.0. The minimum Gasteiger partial charge on any atom is -0.269 e. The number of rotatable bonds is 7. The largest absolute Gasteiger partial charge is 0.269 e. The lowest BCUT2D eigenvalue weighted by Gasteiger charge is -2.20. The average Bonchev–Trinajstić information content (AvgIpc) is 2.89. The van der Waals surface area contributed by atoms with Gasteiger partial charge in [-0.25, -0.2) is 16.8 Å². The number of nitrogens with zero attached hydrogens (tertiary/aromatic N) is 2. The summed E-state index contributed by atoms with van der Waals surface area (Å²) in [5.74, 6) is 0. The Kier molecular flexibility index (Phi) is 6.45. The van der Waals surface area contributed by atoms with Crippen LogP contribution in [0.2, 0.25) is 0 Å². The van der Waals surface area contributed by atoms with Gasteiger partial charge < -0.3 is 0 Å². The number of benzene rings is 4. The molecule has 0 radical (unpaired) electrons. The molecule has 0 bridgehead atoms. The van der Waals surface area contributed by atoms with Gasteiger partial charge in [0.1, 0.15) is 0 Å². The fraction of sp³-hybridized carbons (Fsp3) is 0.0769. The zero-order chi connectivity index (χ0) is 24.3. The van der Waals surface area contributed by atoms with Crippen LogP contribution in [0.5, 0.6) is 0 Å². The third kappa shape index (κ3) is 4.55. The molecule has 0 aliphatic carbocycles. The smallest absolute Gasteiger partial charge is 0.264 e. The van der Waals surface area contributed by atoms with Crippen LogP contribution in [0.1, 0.15) is 0 Å². The molecule has 0 fully saturated rings. The van der Waals surface area contributed by atoms with Crippen molar-refractivity contribution in [3.63, 3.8) is 0 Å². The monoisotopic (exact) mass is 492 g/mol. The van der Waals surface area contributed by atoms with E-state index in [1.165, 1.54) is 22.7 Å². The molecule has 34 heavy (non-hydrogen) atoms. The van der Waals surface area contributed by atoms with Crippen LogP contribution in [0.4, 0.5) is 11.4 Å². The summed E-state index contributed by atoms with van der Waals surface area (Å²) in [5.41, 5.74) is 2.70. The highest BCUT2D eigenvalue weighted by Gasteiger charge is 2.22. The van der Waals surface area contributed by atoms with E-state index in [9.17, 15) is 16.8 Å². The standard InChI is InChI=1S/C26H24N2O4S2/c1-27(23-9-5-3-6-10-23)33(29,30)25-17-13-21(14-18-25)22-15-19-26(20-16-22)34(31,32)28(2)24-11-7-4-8-12-24/h3-20H,1-2H3. The SMILES string of the molecule is CN(c1ccccc1)S(=O)(=O)c1ccc(-c2ccc(S(=O)(=O)N(C)c3ccccc3)cc2)cc1. The van der Waals surface area contributed by atoms with E-state index in [0.717, 1.165) is 11.1 Å². The lowest BCUT2D eigenvalue weighted by atomic mass is 10.1. The molecule has 8 heteroatoms. The van der Waals surface area contributed by atoms with Crippen molar-refractivity contribution in [1.82, 2.24) is 0 Å². The van der Waals surface area contributed by atoms with E-state index in [-0.39, 0.29) is 9.79 Å². The van der Waals surface area contributed by atoms with Crippen LogP contribution in [0.25, 0.3) is 11.1 Å². The molecule has 0 aliphatic heterocycles. The van der Waals surface area contributed by atoms with Gasteiger partial charge in [0.15, 0.2) is 0 Å². The fourth-order valence-corrected chi connectivity index (χ4v) is 5.90. The van der Waals surface area contributed by atoms with E-state index in [1.54, 1.807) is 97.1 Å². The van der Waals surface area contributed by atoms with Gasteiger partial charge in [-0.1, -0.05) is 60.7 Å². The molecule has 0 saturated heterocycles. The highest BCUT2D eigenvalue weighted by Crippen LogP contribution is 2.27. The quantitative estimate of drug-likeness (QED) is 0.364. The number of hydrogen-bond acceptors (Lipinski definition) is 4. The van der Waals surface area contributed by atoms with Crippen LogP contribution < -0.4 is 8.61 Å². The molecule has 4 aromatic rings. The van der Waals surface area contributed by atoms with Crippen molar-refractivity contribution in [2.24, 2.45) is 0 Å². The molecule has 0 aromatic heterocycles. The van der Waals surface area contributed by atoms with Crippen molar-refractivity contribution in [3.8, 4) is 11.1 Å². The van der Waals surface area contributed by atoms with Crippen LogP contribution >= 0.6 is 0 Å². The van der Waals surface area contributed by atoms with Crippen molar-refractivity contribution < 1.29 is 16.8 Å². The van der Waals surface area contributed by atoms with E-state index in [2.05, 4.69) is 0 Å². The first-order valence-electron chi connectivity index (χ1n) is 10.5. The Morgan fingerprint density at radius 3 is 1.03 bits per heavy atom. The van der Waals surface area contributed by atoms with Gasteiger partial charge in [-0.3, -0.25) is 8.61 Å². The van der Waals surface area contributed by atoms with Crippen molar-refractivity contribution >= 4 is 31.4 Å². The predicted molar refractivity (Wildman–Crippen MR) is 136 cm³/mol. The third-order valence-corrected chi connectivity index (χ3v) is 9.20. The van der Waals surface area contributed by atoms with Gasteiger partial charge in [0.05, 0.1) is 21.2 Å². The van der Waals surface area contributed by atoms with Gasteiger partial charge in [-0.05, 0) is 59.7 Å². The number of sulfonamides is 2. The zero-order valence-electron chi connectivity index (χ0n) is 18.7. The highest BCUT2D eigenvalue weighted by atomic mass is 32.2. The van der Waals surface area contributed by atoms with E-state index in [4.69, 9.17) is 0 Å². The van der Waals surface area contributed by atoms with Crippen molar-refractivity contribution in [1.29, 1.82) is 0 Å². The summed E-state index contributed by atoms with van der Waals surface area (Å²) in [6.45, 7) is 0. The summed E-state index contributed by atoms with van der Waals surface area (Å²) in [5, 5.41) is 0. The lowest BCUT2D eigenvalue weighted by Crippen LogP contribution is -2.26. The number of hydrogen-bond donors (Lipinski definition) is 0. The molecular formula is C26H24N2O4S2. The van der Waals surface area contributed by atoms with Gasteiger partial charge in [0.2, 0.25) is 0 Å². The van der Waals surface area contributed by atoms with Crippen molar-refractivity contribution in [2.45, 2.75) is 9.79 Å². The first-order valence-corrected chi connectivity index (χ1v) is 13.4. The average molecular weight is 493 g/mol. The lowest BCUT2D eigenvalue weighted by molar-refractivity contribution is 0.592. The fourth-order valence-electron chi connectivity index (χ4n) is 3.51. The molecule has 0 amide bonds. The van der Waals surface area contributed by atoms with Crippen LogP contribution in [0.15, 0.2) is 119 Å². The second-order valence-corrected chi connectivity index (χ2v) is 11.6. The van der Waals surface area contributed by atoms with Gasteiger partial charge in [-0.15, -0.1) is 0 Å². The molecule has 0 N–H and O–H groups in total. The topological polar surface area (TPSA) is 74.8 Å². The minimum absolute atomic E-state index is 0.172. The summed E-state index contributed by atoms with van der Waals surface area (Å²) in [4.78, 5) is 0.345. The van der Waals surface area contributed by atoms with E-state index < -0.39 is 20.0 Å². The summed E-state index contributed by atoms with van der Waals surface area (Å²) in [7, 11) is -4.37. The molecule has 4 aromatic carbocycles. The Balaban J connectivity index is 1.56. The van der Waals surface area contributed by atoms with Gasteiger partial charge in [0.25, 0.3) is 20.0 Å². The van der Waals surface area contributed by atoms with Crippen molar-refractivity contribution in [3.05, 3.63) is 109 Å². The Bertz CT molecular complexity index is 1350. The van der Waals surface area contributed by atoms with Crippen LogP contribution in [0.3, 0.4) is 0 Å². The summed E-state index contributed by atoms with van der Waals surface area (Å²) < 4.78 is 54.4. The summed E-state index contributed by atoms with van der Waals surface area (Å²) >= 11 is 0. The van der Waals surface area contributed by atoms with Crippen LogP contribution in [-0.4, -0.2) is 30.9 Å². The maximum Gasteiger partial charge on any atom is 0.264 e. The van der Waals surface area contributed by atoms with Gasteiger partial charge >= 0.3 is 0 Å². The van der Waals surface area contributed by atoms with Crippen molar-refractivity contribution in [2.75, 3.05) is 22.7 Å². The molecule has 4 rings (SSSR count). The first kappa shape index (κ1) is 23.5. The molecule has 0 heterocycles. The minimum atomic E-state index is -3.70. The van der Waals surface area contributed by atoms with E-state index >= 15 is 0 Å². The normalized spacial score (nSPS) is 11.7. The molecule has 0 aliphatic rings. The summed E-state index contributed by atoms with van der Waals surface area (Å²) in [6.07, 6.45) is 0. The van der Waals surface area contributed by atoms with Crippen LogP contribution in [0, 0.1) is 0 Å². The predicted octanol–water partition coefficient (Wildman–Crippen LogP) is 5.00. The van der Waals surface area contributed by atoms with Gasteiger partial charge in [-0.2, -0.15) is 0 Å². The first-order chi connectivity index (χ1) is 16.2. The third-order valence-electron chi connectivity index (χ3n) is 5.60. The Labute approximate surface area is 200 Å². The molecule has 0 saturated carbocycles. The van der Waals surface area contributed by atoms with E-state index in [0.29, 0.717) is 11.4 Å². The second kappa shape index (κ2) is 9.32. The molecule has 0 spiro atoms. The number of para-hydroxylation sites is 2. The molecule has 6 nitrogen and oxygen atoms in total. The zero-order valence-corrected chi connectivity index (χ0v) is 20.4. The van der Waals surface area contributed by atoms with E-state index in [1.807, 2.05) is 12.1 Å². The van der Waals surface area contributed by atoms with Crippen LogP contribution in [-0.2, 0) is 20.0 Å². The molecular weight excluding hydrogens is 468 g/mol. The Morgan fingerprint density at radius 2 is 0.735 bits per heavy atom. The molecule has 0 unspecified atom stereocenters. The maximum absolute atomic E-state index is 13.0. The molecule has 174 valence electrons. The summed E-state index contributed by atoms with van der Waals surface area (Å²) in [6, 6.07) is 30.8. The second-order valence-electron chi connectivity index (χ2n) is 7.66. The number of anilines is 2. The Hall–Kier alpha value is -3.62. The molecule has 0 atom stereocenters. The highest BCUT2D eigenvalue weighted by molar-refractivity contribution is 7.93. The Morgan fingerprint density at radius 1 is 0.441 bits per heavy atom. The van der Waals surface area contributed by atoms with Gasteiger partial charge in [0, 0.05) is 14.1 Å².